The SMILES string of the molecule is NCCc1[nH]ncc1-c1ccc2c(c1)OCCCO2. The van der Waals surface area contributed by atoms with Crippen molar-refractivity contribution >= 4 is 0 Å². The summed E-state index contributed by atoms with van der Waals surface area (Å²) in [5.41, 5.74) is 8.80. The third-order valence-corrected chi connectivity index (χ3v) is 3.17. The molecule has 1 aromatic carbocycles. The molecular weight excluding hydrogens is 242 g/mol. The first-order chi connectivity index (χ1) is 9.38. The van der Waals surface area contributed by atoms with Crippen LogP contribution in [0.1, 0.15) is 12.1 Å². The average molecular weight is 259 g/mol. The van der Waals surface area contributed by atoms with Crippen LogP contribution in [-0.4, -0.2) is 30.0 Å². The molecule has 0 aliphatic carbocycles. The Morgan fingerprint density at radius 1 is 1.21 bits per heavy atom. The number of benzene rings is 1. The van der Waals surface area contributed by atoms with Gasteiger partial charge in [-0.3, -0.25) is 5.10 Å². The minimum atomic E-state index is 0.597. The van der Waals surface area contributed by atoms with E-state index < -0.39 is 0 Å². The van der Waals surface area contributed by atoms with Gasteiger partial charge in [-0.15, -0.1) is 0 Å². The summed E-state index contributed by atoms with van der Waals surface area (Å²) in [4.78, 5) is 0. The highest BCUT2D eigenvalue weighted by atomic mass is 16.5. The number of nitrogens with zero attached hydrogens (tertiary/aromatic N) is 1. The molecule has 5 heteroatoms. The number of H-pyrrole nitrogens is 1. The van der Waals surface area contributed by atoms with Gasteiger partial charge >= 0.3 is 0 Å². The zero-order chi connectivity index (χ0) is 13.1. The van der Waals surface area contributed by atoms with Crippen LogP contribution in [0.4, 0.5) is 0 Å². The van der Waals surface area contributed by atoms with Gasteiger partial charge in [0.1, 0.15) is 0 Å². The Balaban J connectivity index is 1.97. The van der Waals surface area contributed by atoms with E-state index in [2.05, 4.69) is 10.2 Å². The second kappa shape index (κ2) is 5.32. The van der Waals surface area contributed by atoms with Crippen LogP contribution in [0.5, 0.6) is 11.5 Å². The van der Waals surface area contributed by atoms with Gasteiger partial charge in [-0.05, 0) is 24.2 Å². The summed E-state index contributed by atoms with van der Waals surface area (Å²) in [6.45, 7) is 1.99. The van der Waals surface area contributed by atoms with E-state index in [1.165, 1.54) is 0 Å². The van der Waals surface area contributed by atoms with Crippen molar-refractivity contribution in [1.82, 2.24) is 10.2 Å². The second-order valence-corrected chi connectivity index (χ2v) is 4.51. The lowest BCUT2D eigenvalue weighted by Gasteiger charge is -2.09. The molecule has 2 aromatic rings. The lowest BCUT2D eigenvalue weighted by atomic mass is 10.0. The fourth-order valence-corrected chi connectivity index (χ4v) is 2.23. The molecule has 0 saturated carbocycles. The van der Waals surface area contributed by atoms with Crippen molar-refractivity contribution in [3.63, 3.8) is 0 Å². The molecule has 0 bridgehead atoms. The molecule has 0 atom stereocenters. The van der Waals surface area contributed by atoms with Gasteiger partial charge < -0.3 is 15.2 Å². The first kappa shape index (κ1) is 12.0. The van der Waals surface area contributed by atoms with Crippen LogP contribution in [0.25, 0.3) is 11.1 Å². The van der Waals surface area contributed by atoms with Crippen molar-refractivity contribution < 1.29 is 9.47 Å². The Morgan fingerprint density at radius 2 is 2.05 bits per heavy atom. The van der Waals surface area contributed by atoms with Gasteiger partial charge in [0.2, 0.25) is 0 Å². The third kappa shape index (κ3) is 2.42. The van der Waals surface area contributed by atoms with Crippen LogP contribution in [0.15, 0.2) is 24.4 Å². The summed E-state index contributed by atoms with van der Waals surface area (Å²) in [5, 5.41) is 7.09. The highest BCUT2D eigenvalue weighted by Gasteiger charge is 2.13. The molecular formula is C14H17N3O2. The van der Waals surface area contributed by atoms with Gasteiger partial charge in [0, 0.05) is 24.1 Å². The molecule has 3 N–H and O–H groups in total. The van der Waals surface area contributed by atoms with Crippen molar-refractivity contribution in [2.75, 3.05) is 19.8 Å². The Hall–Kier alpha value is -2.01. The van der Waals surface area contributed by atoms with Gasteiger partial charge in [-0.1, -0.05) is 6.07 Å². The minimum Gasteiger partial charge on any atom is -0.490 e. The van der Waals surface area contributed by atoms with E-state index in [9.17, 15) is 0 Å². The fourth-order valence-electron chi connectivity index (χ4n) is 2.23. The molecule has 19 heavy (non-hydrogen) atoms. The predicted molar refractivity (Wildman–Crippen MR) is 72.4 cm³/mol. The zero-order valence-electron chi connectivity index (χ0n) is 10.7. The standard InChI is InChI=1S/C14H17N3O2/c15-5-4-12-11(9-16-17-12)10-2-3-13-14(8-10)19-7-1-6-18-13/h2-3,8-9H,1,4-7,15H2,(H,16,17). The van der Waals surface area contributed by atoms with Gasteiger partial charge in [-0.2, -0.15) is 5.10 Å². The van der Waals surface area contributed by atoms with E-state index >= 15 is 0 Å². The molecule has 0 spiro atoms. The van der Waals surface area contributed by atoms with Crippen molar-refractivity contribution in [2.45, 2.75) is 12.8 Å². The second-order valence-electron chi connectivity index (χ2n) is 4.51. The van der Waals surface area contributed by atoms with Crippen molar-refractivity contribution in [3.8, 4) is 22.6 Å². The van der Waals surface area contributed by atoms with E-state index in [1.807, 2.05) is 24.4 Å². The van der Waals surface area contributed by atoms with Crippen LogP contribution in [0.3, 0.4) is 0 Å². The topological polar surface area (TPSA) is 73.2 Å². The van der Waals surface area contributed by atoms with E-state index in [-0.39, 0.29) is 0 Å². The number of aromatic amines is 1. The molecule has 0 radical (unpaired) electrons. The molecule has 0 unspecified atom stereocenters. The van der Waals surface area contributed by atoms with Gasteiger partial charge in [0.05, 0.1) is 19.4 Å². The molecule has 100 valence electrons. The van der Waals surface area contributed by atoms with Gasteiger partial charge in [0.15, 0.2) is 11.5 Å². The highest BCUT2D eigenvalue weighted by Crippen LogP contribution is 2.34. The van der Waals surface area contributed by atoms with Crippen LogP contribution in [0, 0.1) is 0 Å². The minimum absolute atomic E-state index is 0.597. The maximum absolute atomic E-state index is 5.71. The summed E-state index contributed by atoms with van der Waals surface area (Å²) < 4.78 is 11.3. The summed E-state index contributed by atoms with van der Waals surface area (Å²) in [6, 6.07) is 5.99. The maximum atomic E-state index is 5.71. The van der Waals surface area contributed by atoms with Crippen LogP contribution >= 0.6 is 0 Å². The fraction of sp³-hybridized carbons (Fsp3) is 0.357. The highest BCUT2D eigenvalue weighted by molar-refractivity contribution is 5.68. The first-order valence-corrected chi connectivity index (χ1v) is 6.51. The van der Waals surface area contributed by atoms with E-state index in [0.717, 1.165) is 41.2 Å². The van der Waals surface area contributed by atoms with E-state index in [1.54, 1.807) is 0 Å². The molecule has 1 aromatic heterocycles. The molecule has 0 amide bonds. The Kier molecular flexibility index (Phi) is 3.37. The molecule has 3 rings (SSSR count). The first-order valence-electron chi connectivity index (χ1n) is 6.51. The molecule has 0 saturated heterocycles. The van der Waals surface area contributed by atoms with Crippen molar-refractivity contribution in [3.05, 3.63) is 30.1 Å². The summed E-state index contributed by atoms with van der Waals surface area (Å²) in [6.07, 6.45) is 3.52. The van der Waals surface area contributed by atoms with Crippen LogP contribution in [0.2, 0.25) is 0 Å². The maximum Gasteiger partial charge on any atom is 0.161 e. The molecule has 5 nitrogen and oxygen atoms in total. The largest absolute Gasteiger partial charge is 0.490 e. The number of nitrogens with one attached hydrogen (secondary N) is 1. The number of fused-ring (bicyclic) bond motifs is 1. The number of hydrogen-bond acceptors (Lipinski definition) is 4. The number of hydrogen-bond donors (Lipinski definition) is 2. The van der Waals surface area contributed by atoms with Gasteiger partial charge in [-0.25, -0.2) is 0 Å². The molecule has 1 aliphatic heterocycles. The van der Waals surface area contributed by atoms with Gasteiger partial charge in [0.25, 0.3) is 0 Å². The predicted octanol–water partition coefficient (Wildman–Crippen LogP) is 1.74. The quantitative estimate of drug-likeness (QED) is 0.880. The Morgan fingerprint density at radius 3 is 2.89 bits per heavy atom. The third-order valence-electron chi connectivity index (χ3n) is 3.17. The van der Waals surface area contributed by atoms with Crippen LogP contribution < -0.4 is 15.2 Å². The van der Waals surface area contributed by atoms with Crippen molar-refractivity contribution in [1.29, 1.82) is 0 Å². The molecule has 0 fully saturated rings. The number of rotatable bonds is 3. The molecule has 1 aliphatic rings. The Bertz CT molecular complexity index is 566. The number of nitrogens with two attached hydrogens (primary N) is 1. The lowest BCUT2D eigenvalue weighted by molar-refractivity contribution is 0.297. The Labute approximate surface area is 111 Å². The normalized spacial score (nSPS) is 14.2. The zero-order valence-corrected chi connectivity index (χ0v) is 10.7. The summed E-state index contributed by atoms with van der Waals surface area (Å²) >= 11 is 0. The number of aromatic nitrogens is 2. The smallest absolute Gasteiger partial charge is 0.161 e. The van der Waals surface area contributed by atoms with E-state index in [0.29, 0.717) is 19.8 Å². The molecule has 2 heterocycles. The number of ether oxygens (including phenoxy) is 2. The van der Waals surface area contributed by atoms with Crippen molar-refractivity contribution in [2.24, 2.45) is 5.73 Å². The monoisotopic (exact) mass is 259 g/mol. The summed E-state index contributed by atoms with van der Waals surface area (Å²) in [5.74, 6) is 1.61. The summed E-state index contributed by atoms with van der Waals surface area (Å²) in [7, 11) is 0. The average Bonchev–Trinajstić information content (AvgIpc) is 2.76. The van der Waals surface area contributed by atoms with Crippen LogP contribution in [-0.2, 0) is 6.42 Å². The lowest BCUT2D eigenvalue weighted by Crippen LogP contribution is -2.04. The van der Waals surface area contributed by atoms with E-state index in [4.69, 9.17) is 15.2 Å².